The van der Waals surface area contributed by atoms with Crippen LogP contribution in [0.1, 0.15) is 16.8 Å². The van der Waals surface area contributed by atoms with Gasteiger partial charge in [-0.2, -0.15) is 4.98 Å². The van der Waals surface area contributed by atoms with Gasteiger partial charge in [0, 0.05) is 57.4 Å². The number of anilines is 2. The summed E-state index contributed by atoms with van der Waals surface area (Å²) in [6.07, 6.45) is 3.39. The topological polar surface area (TPSA) is 132 Å². The average molecular weight is 700 g/mol. The van der Waals surface area contributed by atoms with Crippen LogP contribution in [0.2, 0.25) is 10.0 Å². The molecular formula is C33H36Cl2N6O7. The Morgan fingerprint density at radius 3 is 2.46 bits per heavy atom. The van der Waals surface area contributed by atoms with Gasteiger partial charge in [0.2, 0.25) is 17.2 Å². The van der Waals surface area contributed by atoms with Crippen LogP contribution in [0.25, 0.3) is 16.6 Å². The second kappa shape index (κ2) is 13.4. The second-order valence-corrected chi connectivity index (χ2v) is 12.8. The summed E-state index contributed by atoms with van der Waals surface area (Å²) in [4.78, 5) is 40.9. The molecule has 0 amide bonds. The smallest absolute Gasteiger partial charge is 0.341 e. The lowest BCUT2D eigenvalue weighted by atomic mass is 10.1. The lowest BCUT2D eigenvalue weighted by Crippen LogP contribution is -2.57. The fourth-order valence-corrected chi connectivity index (χ4v) is 6.56. The number of pyridine rings is 3. The molecule has 2 aliphatic heterocycles. The number of aromatic nitrogens is 3. The summed E-state index contributed by atoms with van der Waals surface area (Å²) in [5, 5.41) is 10.6. The fraction of sp³-hybridized carbons (Fsp3) is 0.394. The van der Waals surface area contributed by atoms with E-state index in [1.807, 2.05) is 17.0 Å². The van der Waals surface area contributed by atoms with E-state index in [0.29, 0.717) is 40.3 Å². The molecule has 0 unspecified atom stereocenters. The van der Waals surface area contributed by atoms with Crippen molar-refractivity contribution in [2.45, 2.75) is 24.3 Å². The number of aromatic carboxylic acids is 1. The molecule has 4 aromatic rings. The van der Waals surface area contributed by atoms with E-state index in [1.165, 1.54) is 19.4 Å². The Labute approximate surface area is 287 Å². The number of ether oxygens (including phenoxy) is 4. The Bertz CT molecular complexity index is 1890. The number of carboxylic acids is 1. The molecule has 5 heterocycles. The number of carboxylic acid groups (broad SMARTS) is 1. The molecule has 1 atom stereocenters. The summed E-state index contributed by atoms with van der Waals surface area (Å²) in [6, 6.07) is 10.4. The molecule has 1 N–H and O–H groups in total. The standard InChI is InChI=1S/C33H36Cl2N6O7/c1-38(2)21-14-39(15-21)28-8-6-19(13-36-28)40-16-23(32(43)44)30(42)22-10-25(35)27(11-26(22)40)41-18-33(46-4,47-5)12-20(41)17-48-31-24(34)7-9-29(37-31)45-3/h6-11,13,16,20-21H,12,14-15,17-18H2,1-5H3,(H,43,44)/t20-/m1/s1. The van der Waals surface area contributed by atoms with Gasteiger partial charge >= 0.3 is 5.97 Å². The van der Waals surface area contributed by atoms with E-state index in [4.69, 9.17) is 42.1 Å². The van der Waals surface area contributed by atoms with Gasteiger partial charge in [-0.3, -0.25) is 4.79 Å². The molecule has 0 bridgehead atoms. The number of likely N-dealkylation sites (N-methyl/N-ethyl adjacent to an activating group) is 1. The minimum Gasteiger partial charge on any atom is -0.481 e. The van der Waals surface area contributed by atoms with Crippen molar-refractivity contribution in [2.24, 2.45) is 0 Å². The van der Waals surface area contributed by atoms with Gasteiger partial charge in [0.25, 0.3) is 0 Å². The van der Waals surface area contributed by atoms with Gasteiger partial charge in [0.05, 0.1) is 47.8 Å². The molecule has 2 fully saturated rings. The molecule has 0 aliphatic carbocycles. The normalized spacial score (nSPS) is 17.6. The van der Waals surface area contributed by atoms with E-state index < -0.39 is 17.2 Å². The summed E-state index contributed by atoms with van der Waals surface area (Å²) in [5.41, 5.74) is 0.548. The first-order valence-electron chi connectivity index (χ1n) is 15.2. The predicted octanol–water partition coefficient (Wildman–Crippen LogP) is 4.19. The Morgan fingerprint density at radius 1 is 1.08 bits per heavy atom. The van der Waals surface area contributed by atoms with Crippen molar-refractivity contribution >= 4 is 51.6 Å². The number of benzene rings is 1. The Kier molecular flexibility index (Phi) is 9.42. The molecular weight excluding hydrogens is 663 g/mol. The highest BCUT2D eigenvalue weighted by atomic mass is 35.5. The highest BCUT2D eigenvalue weighted by Crippen LogP contribution is 2.40. The number of carbonyl (C=O) groups is 1. The zero-order chi connectivity index (χ0) is 34.3. The van der Waals surface area contributed by atoms with Crippen molar-refractivity contribution in [3.05, 3.63) is 74.6 Å². The quantitative estimate of drug-likeness (QED) is 0.225. The van der Waals surface area contributed by atoms with Gasteiger partial charge in [-0.05, 0) is 44.4 Å². The molecule has 1 aromatic carbocycles. The number of nitrogens with zero attached hydrogens (tertiary/aromatic N) is 6. The molecule has 6 rings (SSSR count). The second-order valence-electron chi connectivity index (χ2n) is 12.0. The number of fused-ring (bicyclic) bond motifs is 1. The molecule has 48 heavy (non-hydrogen) atoms. The monoisotopic (exact) mass is 698 g/mol. The average Bonchev–Trinajstić information content (AvgIpc) is 3.43. The summed E-state index contributed by atoms with van der Waals surface area (Å²) in [7, 11) is 8.74. The lowest BCUT2D eigenvalue weighted by Gasteiger charge is -2.43. The van der Waals surface area contributed by atoms with Crippen molar-refractivity contribution in [2.75, 3.05) is 71.5 Å². The number of hydrogen-bond acceptors (Lipinski definition) is 11. The van der Waals surface area contributed by atoms with E-state index in [9.17, 15) is 14.7 Å². The highest BCUT2D eigenvalue weighted by Gasteiger charge is 2.46. The Balaban J connectivity index is 1.41. The van der Waals surface area contributed by atoms with Crippen molar-refractivity contribution in [1.29, 1.82) is 0 Å². The summed E-state index contributed by atoms with van der Waals surface area (Å²) >= 11 is 13.3. The van der Waals surface area contributed by atoms with Crippen molar-refractivity contribution in [3.63, 3.8) is 0 Å². The van der Waals surface area contributed by atoms with Crippen LogP contribution in [-0.4, -0.2) is 110 Å². The SMILES string of the molecule is COc1ccc(Cl)c(OC[C@H]2CC(OC)(OC)CN2c2cc3c(cc2Cl)c(=O)c(C(=O)O)cn3-c2ccc(N3CC(N(C)C)C3)nc2)n1. The minimum absolute atomic E-state index is 0.129. The van der Waals surface area contributed by atoms with E-state index in [0.717, 1.165) is 18.9 Å². The van der Waals surface area contributed by atoms with Crippen molar-refractivity contribution in [3.8, 4) is 17.4 Å². The van der Waals surface area contributed by atoms with E-state index >= 15 is 0 Å². The number of methoxy groups -OCH3 is 3. The Hall–Kier alpha value is -4.14. The molecule has 3 aromatic heterocycles. The van der Waals surface area contributed by atoms with Gasteiger partial charge < -0.3 is 43.3 Å². The van der Waals surface area contributed by atoms with E-state index in [-0.39, 0.29) is 41.0 Å². The van der Waals surface area contributed by atoms with Crippen molar-refractivity contribution < 1.29 is 28.8 Å². The van der Waals surface area contributed by atoms with Crippen LogP contribution >= 0.6 is 23.2 Å². The minimum atomic E-state index is -1.35. The summed E-state index contributed by atoms with van der Waals surface area (Å²) in [5.74, 6) is -0.975. The van der Waals surface area contributed by atoms with Gasteiger partial charge in [-0.25, -0.2) is 9.78 Å². The maximum Gasteiger partial charge on any atom is 0.341 e. The Morgan fingerprint density at radius 2 is 1.83 bits per heavy atom. The van der Waals surface area contributed by atoms with Gasteiger partial charge in [0.1, 0.15) is 23.0 Å². The fourth-order valence-electron chi connectivity index (χ4n) is 6.13. The first-order chi connectivity index (χ1) is 23.0. The first-order valence-corrected chi connectivity index (χ1v) is 15.9. The van der Waals surface area contributed by atoms with Crippen LogP contribution in [0.3, 0.4) is 0 Å². The predicted molar refractivity (Wildman–Crippen MR) is 183 cm³/mol. The molecule has 2 aliphatic rings. The zero-order valence-corrected chi connectivity index (χ0v) is 28.7. The van der Waals surface area contributed by atoms with Crippen LogP contribution in [-0.2, 0) is 9.47 Å². The third kappa shape index (κ3) is 6.24. The number of halogens is 2. The van der Waals surface area contributed by atoms with Crippen molar-refractivity contribution in [1.82, 2.24) is 19.4 Å². The lowest BCUT2D eigenvalue weighted by molar-refractivity contribution is -0.191. The van der Waals surface area contributed by atoms with Crippen LogP contribution in [0.15, 0.2) is 53.6 Å². The maximum atomic E-state index is 13.4. The molecule has 15 heteroatoms. The van der Waals surface area contributed by atoms with E-state index in [2.05, 4.69) is 33.9 Å². The number of hydrogen-bond donors (Lipinski definition) is 1. The van der Waals surface area contributed by atoms with Gasteiger partial charge in [0.15, 0.2) is 5.79 Å². The molecule has 0 spiro atoms. The zero-order valence-electron chi connectivity index (χ0n) is 27.1. The molecule has 2 saturated heterocycles. The summed E-state index contributed by atoms with van der Waals surface area (Å²) < 4.78 is 24.6. The van der Waals surface area contributed by atoms with E-state index in [1.54, 1.807) is 43.2 Å². The first kappa shape index (κ1) is 33.7. The molecule has 254 valence electrons. The van der Waals surface area contributed by atoms with Gasteiger partial charge in [-0.1, -0.05) is 23.2 Å². The van der Waals surface area contributed by atoms with Crippen LogP contribution in [0.5, 0.6) is 11.8 Å². The largest absolute Gasteiger partial charge is 0.481 e. The molecule has 0 saturated carbocycles. The molecule has 13 nitrogen and oxygen atoms in total. The van der Waals surface area contributed by atoms with Crippen LogP contribution in [0, 0.1) is 0 Å². The summed E-state index contributed by atoms with van der Waals surface area (Å²) in [6.45, 7) is 2.12. The highest BCUT2D eigenvalue weighted by molar-refractivity contribution is 6.34. The van der Waals surface area contributed by atoms with Crippen LogP contribution < -0.4 is 24.7 Å². The maximum absolute atomic E-state index is 13.4. The third-order valence-corrected chi connectivity index (χ3v) is 9.68. The third-order valence-electron chi connectivity index (χ3n) is 9.09. The molecule has 0 radical (unpaired) electrons. The number of rotatable bonds is 11. The van der Waals surface area contributed by atoms with Gasteiger partial charge in [-0.15, -0.1) is 0 Å². The van der Waals surface area contributed by atoms with Crippen LogP contribution in [0.4, 0.5) is 11.5 Å².